The summed E-state index contributed by atoms with van der Waals surface area (Å²) in [6, 6.07) is 3.50. The molecule has 0 aliphatic rings. The Morgan fingerprint density at radius 2 is 2.29 bits per heavy atom. The van der Waals surface area contributed by atoms with Crippen LogP contribution in [0, 0.1) is 18.3 Å². The van der Waals surface area contributed by atoms with Crippen molar-refractivity contribution in [2.45, 2.75) is 6.92 Å². The minimum atomic E-state index is -0.332. The van der Waals surface area contributed by atoms with Crippen molar-refractivity contribution >= 4 is 11.0 Å². The fraction of sp³-hybridized carbons (Fsp3) is 0.200. The number of hydrogen-bond acceptors (Lipinski definition) is 2. The van der Waals surface area contributed by atoms with Crippen LogP contribution in [0.1, 0.15) is 11.1 Å². The Bertz CT molecular complexity index is 598. The van der Waals surface area contributed by atoms with E-state index < -0.39 is 0 Å². The van der Waals surface area contributed by atoms with E-state index in [9.17, 15) is 4.79 Å². The normalized spacial score (nSPS) is 10.4. The van der Waals surface area contributed by atoms with Gasteiger partial charge in [0.1, 0.15) is 17.3 Å². The Kier molecular flexibility index (Phi) is 1.68. The number of nitrogens with one attached hydrogen (secondary N) is 1. The van der Waals surface area contributed by atoms with Gasteiger partial charge in [0.15, 0.2) is 0 Å². The van der Waals surface area contributed by atoms with E-state index in [-0.39, 0.29) is 11.1 Å². The minimum Gasteiger partial charge on any atom is -0.337 e. The first-order valence-electron chi connectivity index (χ1n) is 4.22. The van der Waals surface area contributed by atoms with Crippen molar-refractivity contribution in [1.29, 1.82) is 5.26 Å². The summed E-state index contributed by atoms with van der Waals surface area (Å²) in [4.78, 5) is 14.0. The Morgan fingerprint density at radius 3 is 2.93 bits per heavy atom. The maximum Gasteiger partial charge on any atom is 0.267 e. The average Bonchev–Trinajstić information content (AvgIpc) is 2.41. The van der Waals surface area contributed by atoms with E-state index in [0.717, 1.165) is 16.6 Å². The summed E-state index contributed by atoms with van der Waals surface area (Å²) in [5.41, 5.74) is 1.63. The molecule has 0 atom stereocenters. The molecule has 0 aliphatic heterocycles. The summed E-state index contributed by atoms with van der Waals surface area (Å²) in [5, 5.41) is 9.62. The van der Waals surface area contributed by atoms with Crippen LogP contribution in [-0.4, -0.2) is 9.55 Å². The molecule has 14 heavy (non-hydrogen) atoms. The largest absolute Gasteiger partial charge is 0.337 e. The van der Waals surface area contributed by atoms with E-state index in [0.29, 0.717) is 0 Å². The number of aromatic amines is 1. The first-order valence-corrected chi connectivity index (χ1v) is 4.22. The highest BCUT2D eigenvalue weighted by molar-refractivity contribution is 5.81. The number of rotatable bonds is 0. The van der Waals surface area contributed by atoms with E-state index in [1.165, 1.54) is 0 Å². The molecule has 0 saturated carbocycles. The molecule has 1 N–H and O–H groups in total. The molecule has 2 aromatic rings. The van der Waals surface area contributed by atoms with E-state index >= 15 is 0 Å². The molecule has 4 nitrogen and oxygen atoms in total. The van der Waals surface area contributed by atoms with Crippen LogP contribution in [-0.2, 0) is 7.05 Å². The number of pyridine rings is 1. The van der Waals surface area contributed by atoms with Crippen LogP contribution >= 0.6 is 0 Å². The van der Waals surface area contributed by atoms with Crippen molar-refractivity contribution in [3.63, 3.8) is 0 Å². The number of nitriles is 1. The molecule has 0 amide bonds. The van der Waals surface area contributed by atoms with Crippen LogP contribution < -0.4 is 5.56 Å². The third-order valence-electron chi connectivity index (χ3n) is 2.31. The zero-order chi connectivity index (χ0) is 10.3. The van der Waals surface area contributed by atoms with Crippen LogP contribution in [0.5, 0.6) is 0 Å². The molecule has 70 valence electrons. The number of hydrogen-bond donors (Lipinski definition) is 1. The van der Waals surface area contributed by atoms with Gasteiger partial charge in [0.25, 0.3) is 5.56 Å². The van der Waals surface area contributed by atoms with Crippen molar-refractivity contribution in [3.05, 3.63) is 33.7 Å². The highest BCUT2D eigenvalue weighted by atomic mass is 16.1. The highest BCUT2D eigenvalue weighted by Gasteiger charge is 2.07. The SMILES string of the molecule is Cc1cn(C)c2[nH]c(=O)c(C#N)cc12. The van der Waals surface area contributed by atoms with Crippen molar-refractivity contribution in [1.82, 2.24) is 9.55 Å². The van der Waals surface area contributed by atoms with E-state index in [1.807, 2.05) is 30.8 Å². The van der Waals surface area contributed by atoms with Crippen molar-refractivity contribution < 1.29 is 0 Å². The maximum atomic E-state index is 11.3. The number of nitrogens with zero attached hydrogens (tertiary/aromatic N) is 2. The van der Waals surface area contributed by atoms with Gasteiger partial charge in [-0.3, -0.25) is 4.79 Å². The molecule has 0 unspecified atom stereocenters. The lowest BCUT2D eigenvalue weighted by Gasteiger charge is -1.95. The summed E-state index contributed by atoms with van der Waals surface area (Å²) in [6.07, 6.45) is 1.92. The van der Waals surface area contributed by atoms with Crippen LogP contribution in [0.15, 0.2) is 17.1 Å². The third-order valence-corrected chi connectivity index (χ3v) is 2.31. The van der Waals surface area contributed by atoms with Gasteiger partial charge in [-0.05, 0) is 18.6 Å². The number of H-pyrrole nitrogens is 1. The summed E-state index contributed by atoms with van der Waals surface area (Å²) < 4.78 is 1.84. The predicted octanol–water partition coefficient (Wildman–Crippen LogP) is 1.05. The Hall–Kier alpha value is -2.02. The highest BCUT2D eigenvalue weighted by Crippen LogP contribution is 2.16. The fourth-order valence-corrected chi connectivity index (χ4v) is 1.61. The molecule has 0 aromatic carbocycles. The van der Waals surface area contributed by atoms with Crippen molar-refractivity contribution in [2.75, 3.05) is 0 Å². The standard InChI is InChI=1S/C10H9N3O/c1-6-5-13(2)9-8(6)3-7(4-11)10(14)12-9/h3,5H,1-2H3,(H,12,14). The van der Waals surface area contributed by atoms with Crippen molar-refractivity contribution in [3.8, 4) is 6.07 Å². The topological polar surface area (TPSA) is 61.6 Å². The predicted molar refractivity (Wildman–Crippen MR) is 53.0 cm³/mol. The van der Waals surface area contributed by atoms with Gasteiger partial charge in [0.05, 0.1) is 0 Å². The molecule has 0 radical (unpaired) electrons. The van der Waals surface area contributed by atoms with Gasteiger partial charge in [0.2, 0.25) is 0 Å². The molecule has 2 heterocycles. The van der Waals surface area contributed by atoms with Gasteiger partial charge < -0.3 is 9.55 Å². The van der Waals surface area contributed by atoms with Crippen LogP contribution in [0.2, 0.25) is 0 Å². The first kappa shape index (κ1) is 8.57. The molecule has 0 fully saturated rings. The first-order chi connectivity index (χ1) is 6.63. The Balaban J connectivity index is 2.98. The van der Waals surface area contributed by atoms with Crippen LogP contribution in [0.25, 0.3) is 11.0 Å². The minimum absolute atomic E-state index is 0.159. The Labute approximate surface area is 80.4 Å². The lowest BCUT2D eigenvalue weighted by molar-refractivity contribution is 0.939. The van der Waals surface area contributed by atoms with Gasteiger partial charge in [-0.2, -0.15) is 5.26 Å². The summed E-state index contributed by atoms with van der Waals surface area (Å²) in [5.74, 6) is 0. The van der Waals surface area contributed by atoms with Crippen LogP contribution in [0.4, 0.5) is 0 Å². The van der Waals surface area contributed by atoms with Gasteiger partial charge in [-0.15, -0.1) is 0 Å². The van der Waals surface area contributed by atoms with Gasteiger partial charge in [0, 0.05) is 18.6 Å². The molecule has 0 spiro atoms. The molecule has 0 bridgehead atoms. The second kappa shape index (κ2) is 2.74. The summed E-state index contributed by atoms with van der Waals surface area (Å²) >= 11 is 0. The van der Waals surface area contributed by atoms with E-state index in [1.54, 1.807) is 6.07 Å². The molecule has 0 aliphatic carbocycles. The Morgan fingerprint density at radius 1 is 1.57 bits per heavy atom. The molecule has 2 aromatic heterocycles. The summed E-state index contributed by atoms with van der Waals surface area (Å²) in [6.45, 7) is 1.95. The van der Waals surface area contributed by atoms with E-state index in [4.69, 9.17) is 5.26 Å². The van der Waals surface area contributed by atoms with E-state index in [2.05, 4.69) is 4.98 Å². The fourth-order valence-electron chi connectivity index (χ4n) is 1.61. The second-order valence-corrected chi connectivity index (χ2v) is 3.31. The van der Waals surface area contributed by atoms with Crippen LogP contribution in [0.3, 0.4) is 0 Å². The smallest absolute Gasteiger partial charge is 0.267 e. The number of fused-ring (bicyclic) bond motifs is 1. The van der Waals surface area contributed by atoms with Gasteiger partial charge >= 0.3 is 0 Å². The quantitative estimate of drug-likeness (QED) is 0.670. The molecular weight excluding hydrogens is 178 g/mol. The maximum absolute atomic E-state index is 11.3. The number of aromatic nitrogens is 2. The monoisotopic (exact) mass is 187 g/mol. The van der Waals surface area contributed by atoms with Crippen molar-refractivity contribution in [2.24, 2.45) is 7.05 Å². The average molecular weight is 187 g/mol. The number of aryl methyl sites for hydroxylation is 2. The van der Waals surface area contributed by atoms with Gasteiger partial charge in [-0.25, -0.2) is 0 Å². The molecule has 4 heteroatoms. The molecular formula is C10H9N3O. The molecule has 0 saturated heterocycles. The van der Waals surface area contributed by atoms with Gasteiger partial charge in [-0.1, -0.05) is 0 Å². The zero-order valence-electron chi connectivity index (χ0n) is 7.96. The summed E-state index contributed by atoms with van der Waals surface area (Å²) in [7, 11) is 1.86. The second-order valence-electron chi connectivity index (χ2n) is 3.31. The lowest BCUT2D eigenvalue weighted by Crippen LogP contribution is -2.10. The zero-order valence-corrected chi connectivity index (χ0v) is 7.96. The third kappa shape index (κ3) is 1.03. The molecule has 2 rings (SSSR count). The lowest BCUT2D eigenvalue weighted by atomic mass is 10.2.